The van der Waals surface area contributed by atoms with Gasteiger partial charge in [0.15, 0.2) is 0 Å². The van der Waals surface area contributed by atoms with E-state index in [4.69, 9.17) is 15.2 Å². The molecule has 0 fully saturated rings. The Bertz CT molecular complexity index is 971. The molecule has 0 radical (unpaired) electrons. The number of carbonyl (C=O) groups is 7. The molecule has 0 aromatic heterocycles. The SMILES string of the molecule is COC(=O)[C@H](CSC[C@@H](NC(=O)CC[C@@H](NC(=O)[C@H](C)N)C(=O)OC)C(=O)N[C@H](C)C(=O)OC)NC(=O)OC(C)(C)C. The summed E-state index contributed by atoms with van der Waals surface area (Å²) in [4.78, 5) is 85.9. The smallest absolute Gasteiger partial charge is 0.408 e. The predicted octanol–water partition coefficient (Wildman–Crippen LogP) is -1.27. The van der Waals surface area contributed by atoms with E-state index in [0.717, 1.165) is 33.1 Å². The van der Waals surface area contributed by atoms with E-state index in [-0.39, 0.29) is 24.3 Å². The highest BCUT2D eigenvalue weighted by Gasteiger charge is 2.29. The fourth-order valence-electron chi connectivity index (χ4n) is 3.03. The minimum absolute atomic E-state index is 0.0636. The summed E-state index contributed by atoms with van der Waals surface area (Å²) in [5.41, 5.74) is 4.70. The van der Waals surface area contributed by atoms with Crippen LogP contribution in [-0.4, -0.2) is 110 Å². The Morgan fingerprint density at radius 3 is 1.74 bits per heavy atom. The summed E-state index contributed by atoms with van der Waals surface area (Å²) in [6, 6.07) is -5.48. The molecular formula is C25H43N5O11S. The van der Waals surface area contributed by atoms with E-state index in [1.54, 1.807) is 20.8 Å². The van der Waals surface area contributed by atoms with Crippen LogP contribution in [0.15, 0.2) is 0 Å². The highest BCUT2D eigenvalue weighted by atomic mass is 32.2. The van der Waals surface area contributed by atoms with Gasteiger partial charge in [-0.05, 0) is 41.0 Å². The molecule has 0 bridgehead atoms. The number of hydrogen-bond acceptors (Lipinski definition) is 13. The lowest BCUT2D eigenvalue weighted by Gasteiger charge is -2.24. The number of alkyl carbamates (subject to hydrolysis) is 1. The summed E-state index contributed by atoms with van der Waals surface area (Å²) in [6.45, 7) is 7.75. The summed E-state index contributed by atoms with van der Waals surface area (Å²) in [5, 5.41) is 9.74. The highest BCUT2D eigenvalue weighted by Crippen LogP contribution is 2.11. The highest BCUT2D eigenvalue weighted by molar-refractivity contribution is 7.99. The normalized spacial score (nSPS) is 14.5. The molecule has 240 valence electrons. The molecule has 0 saturated heterocycles. The van der Waals surface area contributed by atoms with Crippen LogP contribution in [0, 0.1) is 0 Å². The number of carbonyl (C=O) groups excluding carboxylic acids is 7. The Hall–Kier alpha value is -3.60. The summed E-state index contributed by atoms with van der Waals surface area (Å²) in [6.07, 6.45) is -1.32. The molecule has 0 saturated carbocycles. The molecule has 0 heterocycles. The zero-order valence-corrected chi connectivity index (χ0v) is 26.0. The van der Waals surface area contributed by atoms with Crippen LogP contribution in [0.2, 0.25) is 0 Å². The van der Waals surface area contributed by atoms with Gasteiger partial charge < -0.3 is 45.9 Å². The Kier molecular flexibility index (Phi) is 17.1. The van der Waals surface area contributed by atoms with Crippen molar-refractivity contribution in [2.75, 3.05) is 32.8 Å². The predicted molar refractivity (Wildman–Crippen MR) is 151 cm³/mol. The third-order valence-corrected chi connectivity index (χ3v) is 6.32. The molecule has 0 rings (SSSR count). The largest absolute Gasteiger partial charge is 0.467 e. The van der Waals surface area contributed by atoms with E-state index in [2.05, 4.69) is 30.7 Å². The number of nitrogens with one attached hydrogen (secondary N) is 4. The molecular weight excluding hydrogens is 578 g/mol. The summed E-state index contributed by atoms with van der Waals surface area (Å²) < 4.78 is 19.2. The van der Waals surface area contributed by atoms with Gasteiger partial charge in [-0.25, -0.2) is 19.2 Å². The van der Waals surface area contributed by atoms with Crippen molar-refractivity contribution >= 4 is 53.5 Å². The first-order valence-corrected chi connectivity index (χ1v) is 14.1. The number of methoxy groups -OCH3 is 3. The first-order valence-electron chi connectivity index (χ1n) is 12.9. The van der Waals surface area contributed by atoms with Crippen LogP contribution in [0.1, 0.15) is 47.5 Å². The van der Waals surface area contributed by atoms with Crippen molar-refractivity contribution in [3.63, 3.8) is 0 Å². The van der Waals surface area contributed by atoms with Crippen LogP contribution in [0.25, 0.3) is 0 Å². The van der Waals surface area contributed by atoms with Gasteiger partial charge in [0.05, 0.1) is 27.4 Å². The van der Waals surface area contributed by atoms with Gasteiger partial charge in [0, 0.05) is 17.9 Å². The molecule has 16 nitrogen and oxygen atoms in total. The maximum absolute atomic E-state index is 12.9. The van der Waals surface area contributed by atoms with Crippen molar-refractivity contribution in [2.24, 2.45) is 5.73 Å². The molecule has 17 heteroatoms. The molecule has 0 unspecified atom stereocenters. The lowest BCUT2D eigenvalue weighted by atomic mass is 10.1. The maximum atomic E-state index is 12.9. The fourth-order valence-corrected chi connectivity index (χ4v) is 4.09. The van der Waals surface area contributed by atoms with Crippen LogP contribution in [-0.2, 0) is 47.7 Å². The van der Waals surface area contributed by atoms with Gasteiger partial charge in [-0.3, -0.25) is 14.4 Å². The standard InChI is InChI=1S/C25H43N5O11S/c1-13(26)19(32)29-15(22(35)39-7)9-10-18(31)28-16(20(33)27-14(2)21(34)38-6)11-42-12-17(23(36)40-8)30-24(37)41-25(3,4)5/h13-17H,9-12,26H2,1-8H3,(H,27,33)(H,28,31)(H,29,32)(H,30,37)/t13-,14+,15+,16+,17-/m0/s1. The number of ether oxygens (including phenoxy) is 4. The van der Waals surface area contributed by atoms with E-state index in [1.807, 2.05) is 0 Å². The van der Waals surface area contributed by atoms with Crippen LogP contribution < -0.4 is 27.0 Å². The quantitative estimate of drug-likeness (QED) is 0.100. The summed E-state index contributed by atoms with van der Waals surface area (Å²) in [5.74, 6) is -4.47. The number of rotatable bonds is 16. The number of nitrogens with two attached hydrogens (primary N) is 1. The average Bonchev–Trinajstić information content (AvgIpc) is 2.91. The Labute approximate surface area is 249 Å². The molecule has 4 amide bonds. The van der Waals surface area contributed by atoms with Gasteiger partial charge >= 0.3 is 24.0 Å². The maximum Gasteiger partial charge on any atom is 0.408 e. The van der Waals surface area contributed by atoms with E-state index >= 15 is 0 Å². The number of thioether (sulfide) groups is 1. The molecule has 0 aromatic rings. The van der Waals surface area contributed by atoms with E-state index in [9.17, 15) is 33.6 Å². The van der Waals surface area contributed by atoms with Gasteiger partial charge in [0.25, 0.3) is 0 Å². The third kappa shape index (κ3) is 15.4. The molecule has 0 aliphatic heterocycles. The molecule has 0 spiro atoms. The molecule has 0 aromatic carbocycles. The van der Waals surface area contributed by atoms with E-state index in [0.29, 0.717) is 0 Å². The second-order valence-corrected chi connectivity index (χ2v) is 11.1. The Balaban J connectivity index is 5.56. The number of hydrogen-bond donors (Lipinski definition) is 5. The summed E-state index contributed by atoms with van der Waals surface area (Å²) >= 11 is 1.02. The molecule has 42 heavy (non-hydrogen) atoms. The zero-order valence-electron chi connectivity index (χ0n) is 25.2. The average molecular weight is 622 g/mol. The molecule has 5 atom stereocenters. The van der Waals surface area contributed by atoms with Crippen molar-refractivity contribution < 1.29 is 52.5 Å². The van der Waals surface area contributed by atoms with Crippen LogP contribution in [0.5, 0.6) is 0 Å². The minimum Gasteiger partial charge on any atom is -0.467 e. The second kappa shape index (κ2) is 18.8. The number of esters is 3. The topological polar surface area (TPSA) is 231 Å². The summed E-state index contributed by atoms with van der Waals surface area (Å²) in [7, 11) is 3.40. The Morgan fingerprint density at radius 2 is 1.24 bits per heavy atom. The van der Waals surface area contributed by atoms with Crippen LogP contribution >= 0.6 is 11.8 Å². The zero-order chi connectivity index (χ0) is 32.6. The van der Waals surface area contributed by atoms with Gasteiger partial charge in [0.2, 0.25) is 17.7 Å². The molecule has 0 aliphatic carbocycles. The molecule has 6 N–H and O–H groups in total. The second-order valence-electron chi connectivity index (χ2n) is 10.0. The first-order chi connectivity index (χ1) is 19.4. The van der Waals surface area contributed by atoms with Crippen molar-refractivity contribution in [3.8, 4) is 0 Å². The van der Waals surface area contributed by atoms with E-state index < -0.39 is 77.5 Å². The lowest BCUT2D eigenvalue weighted by Crippen LogP contribution is -2.53. The van der Waals surface area contributed by atoms with Gasteiger partial charge in [-0.1, -0.05) is 0 Å². The van der Waals surface area contributed by atoms with Crippen LogP contribution in [0.3, 0.4) is 0 Å². The van der Waals surface area contributed by atoms with Gasteiger partial charge in [-0.2, -0.15) is 11.8 Å². The fraction of sp³-hybridized carbons (Fsp3) is 0.720. The van der Waals surface area contributed by atoms with Gasteiger partial charge in [-0.15, -0.1) is 0 Å². The third-order valence-electron chi connectivity index (χ3n) is 5.19. The van der Waals surface area contributed by atoms with Crippen molar-refractivity contribution in [1.29, 1.82) is 0 Å². The first kappa shape index (κ1) is 38.4. The van der Waals surface area contributed by atoms with Crippen molar-refractivity contribution in [1.82, 2.24) is 21.3 Å². The molecule has 0 aliphatic rings. The van der Waals surface area contributed by atoms with E-state index in [1.165, 1.54) is 13.8 Å². The van der Waals surface area contributed by atoms with Crippen LogP contribution in [0.4, 0.5) is 4.79 Å². The lowest BCUT2D eigenvalue weighted by molar-refractivity contribution is -0.145. The van der Waals surface area contributed by atoms with Gasteiger partial charge in [0.1, 0.15) is 29.8 Å². The minimum atomic E-state index is -1.22. The van der Waals surface area contributed by atoms with Crippen molar-refractivity contribution in [3.05, 3.63) is 0 Å². The monoisotopic (exact) mass is 621 g/mol. The van der Waals surface area contributed by atoms with Crippen molar-refractivity contribution in [2.45, 2.75) is 83.3 Å². The number of amides is 4. The Morgan fingerprint density at radius 1 is 0.714 bits per heavy atom.